The van der Waals surface area contributed by atoms with E-state index in [0.29, 0.717) is 35.2 Å². The number of aromatic nitrogens is 2. The highest BCUT2D eigenvalue weighted by Gasteiger charge is 2.25. The molecule has 1 aliphatic heterocycles. The summed E-state index contributed by atoms with van der Waals surface area (Å²) in [6, 6.07) is 11.2. The molecular formula is C22H22N4O3. The second-order valence-electron chi connectivity index (χ2n) is 7.93. The fourth-order valence-electron chi connectivity index (χ4n) is 3.65. The first-order valence-corrected chi connectivity index (χ1v) is 9.86. The van der Waals surface area contributed by atoms with Crippen LogP contribution in [0.3, 0.4) is 0 Å². The van der Waals surface area contributed by atoms with Crippen LogP contribution in [0.4, 0.5) is 5.69 Å². The van der Waals surface area contributed by atoms with E-state index in [0.717, 1.165) is 24.1 Å². The topological polar surface area (TPSA) is 87.5 Å². The van der Waals surface area contributed by atoms with Gasteiger partial charge in [-0.05, 0) is 55.7 Å². The molecule has 2 fully saturated rings. The van der Waals surface area contributed by atoms with Crippen molar-refractivity contribution in [1.82, 2.24) is 14.9 Å². The van der Waals surface area contributed by atoms with Crippen LogP contribution in [0.25, 0.3) is 16.6 Å². The van der Waals surface area contributed by atoms with Crippen LogP contribution in [0.2, 0.25) is 0 Å². The number of aryl methyl sites for hydroxylation is 1. The van der Waals surface area contributed by atoms with E-state index in [9.17, 15) is 14.7 Å². The molecule has 2 N–H and O–H groups in total. The fraction of sp³-hybridized carbons (Fsp3) is 0.318. The summed E-state index contributed by atoms with van der Waals surface area (Å²) < 4.78 is 1.50. The zero-order chi connectivity index (χ0) is 20.1. The number of nitrogens with one attached hydrogen (secondary N) is 1. The molecule has 2 aliphatic rings. The van der Waals surface area contributed by atoms with Crippen molar-refractivity contribution in [3.63, 3.8) is 0 Å². The second kappa shape index (κ2) is 6.70. The molecule has 1 amide bonds. The summed E-state index contributed by atoms with van der Waals surface area (Å²) in [4.78, 5) is 32.2. The maximum Gasteiger partial charge on any atom is 0.265 e. The third-order valence-electron chi connectivity index (χ3n) is 5.61. The van der Waals surface area contributed by atoms with E-state index in [-0.39, 0.29) is 23.6 Å². The lowest BCUT2D eigenvalue weighted by Crippen LogP contribution is -2.50. The number of anilines is 1. The number of hydrogen-bond donors (Lipinski definition) is 2. The van der Waals surface area contributed by atoms with Gasteiger partial charge in [-0.3, -0.25) is 14.2 Å². The minimum Gasteiger partial charge on any atom is -0.389 e. The van der Waals surface area contributed by atoms with Gasteiger partial charge in [0.25, 0.3) is 11.5 Å². The van der Waals surface area contributed by atoms with Gasteiger partial charge in [-0.2, -0.15) is 0 Å². The number of carbonyl (C=O) groups is 1. The largest absolute Gasteiger partial charge is 0.389 e. The van der Waals surface area contributed by atoms with Crippen molar-refractivity contribution in [3.8, 4) is 5.69 Å². The van der Waals surface area contributed by atoms with Crippen LogP contribution in [-0.2, 0) is 0 Å². The van der Waals surface area contributed by atoms with Gasteiger partial charge in [0, 0.05) is 30.4 Å². The Morgan fingerprint density at radius 3 is 2.69 bits per heavy atom. The maximum atomic E-state index is 13.3. The highest BCUT2D eigenvalue weighted by Crippen LogP contribution is 2.24. The highest BCUT2D eigenvalue weighted by atomic mass is 16.3. The van der Waals surface area contributed by atoms with Crippen LogP contribution in [-0.4, -0.2) is 45.8 Å². The van der Waals surface area contributed by atoms with Gasteiger partial charge >= 0.3 is 0 Å². The molecule has 5 rings (SSSR count). The number of rotatable bonds is 4. The fourth-order valence-corrected chi connectivity index (χ4v) is 3.65. The Bertz CT molecular complexity index is 1180. The minimum atomic E-state index is -0.316. The van der Waals surface area contributed by atoms with E-state index >= 15 is 0 Å². The number of aliphatic hydroxyl groups is 1. The summed E-state index contributed by atoms with van der Waals surface area (Å²) in [7, 11) is 0. The summed E-state index contributed by atoms with van der Waals surface area (Å²) in [5.41, 5.74) is 3.41. The predicted octanol–water partition coefficient (Wildman–Crippen LogP) is 1.77. The molecule has 1 saturated heterocycles. The SMILES string of the molecule is Cc1ccc(C(=O)NC2CC2)cc1-n1cnc2ccc(N3CC(O)C3)cc2c1=O. The van der Waals surface area contributed by atoms with Crippen LogP contribution < -0.4 is 15.8 Å². The molecular weight excluding hydrogens is 368 g/mol. The summed E-state index contributed by atoms with van der Waals surface area (Å²) >= 11 is 0. The van der Waals surface area contributed by atoms with Gasteiger partial charge in [-0.25, -0.2) is 4.98 Å². The molecule has 0 atom stereocenters. The average Bonchev–Trinajstić information content (AvgIpc) is 3.50. The molecule has 3 aromatic rings. The number of carbonyl (C=O) groups excluding carboxylic acids is 1. The molecule has 1 saturated carbocycles. The van der Waals surface area contributed by atoms with Gasteiger partial charge in [0.1, 0.15) is 6.33 Å². The van der Waals surface area contributed by atoms with E-state index < -0.39 is 0 Å². The van der Waals surface area contributed by atoms with Crippen LogP contribution in [0.15, 0.2) is 47.5 Å². The summed E-state index contributed by atoms with van der Waals surface area (Å²) in [5.74, 6) is -0.117. The number of fused-ring (bicyclic) bond motifs is 1. The Kier molecular flexibility index (Phi) is 4.13. The number of β-amino-alcohol motifs (C(OH)–C–C–N with tert-alkyl or cyclic N) is 1. The summed E-state index contributed by atoms with van der Waals surface area (Å²) in [5, 5.41) is 13.0. The van der Waals surface area contributed by atoms with E-state index in [1.165, 1.54) is 10.9 Å². The van der Waals surface area contributed by atoms with Crippen LogP contribution >= 0.6 is 0 Å². The molecule has 2 heterocycles. The zero-order valence-electron chi connectivity index (χ0n) is 16.1. The quantitative estimate of drug-likeness (QED) is 0.709. The smallest absolute Gasteiger partial charge is 0.265 e. The molecule has 2 aromatic carbocycles. The number of aliphatic hydroxyl groups excluding tert-OH is 1. The first-order valence-electron chi connectivity index (χ1n) is 9.86. The molecule has 1 aromatic heterocycles. The van der Waals surface area contributed by atoms with Crippen molar-refractivity contribution in [2.45, 2.75) is 31.9 Å². The van der Waals surface area contributed by atoms with Gasteiger partial charge < -0.3 is 15.3 Å². The van der Waals surface area contributed by atoms with Crippen molar-refractivity contribution >= 4 is 22.5 Å². The Balaban J connectivity index is 1.56. The zero-order valence-corrected chi connectivity index (χ0v) is 16.1. The van der Waals surface area contributed by atoms with Crippen molar-refractivity contribution in [3.05, 3.63) is 64.2 Å². The first kappa shape index (κ1) is 17.9. The average molecular weight is 390 g/mol. The molecule has 29 heavy (non-hydrogen) atoms. The number of benzene rings is 2. The van der Waals surface area contributed by atoms with E-state index in [2.05, 4.69) is 10.3 Å². The lowest BCUT2D eigenvalue weighted by Gasteiger charge is -2.37. The third kappa shape index (κ3) is 3.27. The molecule has 0 radical (unpaired) electrons. The minimum absolute atomic E-state index is 0.117. The molecule has 148 valence electrons. The Morgan fingerprint density at radius 1 is 1.17 bits per heavy atom. The Labute approximate surface area is 167 Å². The highest BCUT2D eigenvalue weighted by molar-refractivity contribution is 5.95. The standard InChI is InChI=1S/C22H22N4O3/c1-13-2-3-14(21(28)24-15-4-5-15)8-20(13)26-12-23-19-7-6-16(9-18(19)22(26)29)25-10-17(27)11-25/h2-3,6-9,12,15,17,27H,4-5,10-11H2,1H3,(H,24,28). The normalized spacial score (nSPS) is 16.7. The monoisotopic (exact) mass is 390 g/mol. The number of nitrogens with zero attached hydrogens (tertiary/aromatic N) is 3. The lowest BCUT2D eigenvalue weighted by atomic mass is 10.1. The summed E-state index contributed by atoms with van der Waals surface area (Å²) in [6.07, 6.45) is 3.25. The predicted molar refractivity (Wildman–Crippen MR) is 111 cm³/mol. The third-order valence-corrected chi connectivity index (χ3v) is 5.61. The van der Waals surface area contributed by atoms with Crippen LogP contribution in [0.5, 0.6) is 0 Å². The van der Waals surface area contributed by atoms with E-state index in [4.69, 9.17) is 0 Å². The first-order chi connectivity index (χ1) is 14.0. The molecule has 1 aliphatic carbocycles. The van der Waals surface area contributed by atoms with Crippen LogP contribution in [0.1, 0.15) is 28.8 Å². The van der Waals surface area contributed by atoms with Gasteiger partial charge in [0.05, 0.1) is 22.7 Å². The maximum absolute atomic E-state index is 13.3. The number of hydrogen-bond acceptors (Lipinski definition) is 5. The Morgan fingerprint density at radius 2 is 1.97 bits per heavy atom. The van der Waals surface area contributed by atoms with Crippen molar-refractivity contribution in [2.75, 3.05) is 18.0 Å². The van der Waals surface area contributed by atoms with Crippen molar-refractivity contribution in [1.29, 1.82) is 0 Å². The van der Waals surface area contributed by atoms with Gasteiger partial charge in [-0.15, -0.1) is 0 Å². The van der Waals surface area contributed by atoms with Gasteiger partial charge in [-0.1, -0.05) is 6.07 Å². The number of amides is 1. The molecule has 7 nitrogen and oxygen atoms in total. The van der Waals surface area contributed by atoms with Gasteiger partial charge in [0.15, 0.2) is 0 Å². The Hall–Kier alpha value is -3.19. The summed E-state index contributed by atoms with van der Waals surface area (Å²) in [6.45, 7) is 3.04. The van der Waals surface area contributed by atoms with Crippen molar-refractivity contribution in [2.24, 2.45) is 0 Å². The molecule has 0 spiro atoms. The molecule has 0 unspecified atom stereocenters. The van der Waals surface area contributed by atoms with Gasteiger partial charge in [0.2, 0.25) is 0 Å². The molecule has 0 bridgehead atoms. The van der Waals surface area contributed by atoms with E-state index in [1.54, 1.807) is 12.1 Å². The molecule has 7 heteroatoms. The van der Waals surface area contributed by atoms with Crippen molar-refractivity contribution < 1.29 is 9.90 Å². The second-order valence-corrected chi connectivity index (χ2v) is 7.93. The lowest BCUT2D eigenvalue weighted by molar-refractivity contribution is 0.0951. The van der Waals surface area contributed by atoms with Crippen LogP contribution in [0, 0.1) is 6.92 Å². The van der Waals surface area contributed by atoms with E-state index in [1.807, 2.05) is 36.1 Å².